The minimum Gasteiger partial charge on any atom is -0.331 e. The van der Waals surface area contributed by atoms with Crippen molar-refractivity contribution in [3.63, 3.8) is 0 Å². The lowest BCUT2D eigenvalue weighted by Crippen LogP contribution is -2.35. The van der Waals surface area contributed by atoms with Crippen LogP contribution < -0.4 is 0 Å². The fraction of sp³-hybridized carbons (Fsp3) is 1.00. The Morgan fingerprint density at radius 2 is 1.67 bits per heavy atom. The number of hydrogen-bond donors (Lipinski definition) is 0. The Bertz CT molecular complexity index is 65.8. The van der Waals surface area contributed by atoms with Gasteiger partial charge in [0.2, 0.25) is 0 Å². The van der Waals surface area contributed by atoms with Crippen LogP contribution in [-0.2, 0) is 0 Å². The molecule has 0 spiro atoms. The monoisotopic (exact) mass is 143 g/mol. The predicted molar refractivity (Wildman–Crippen MR) is 42.7 cm³/mol. The number of unbranched alkanes of at least 4 members (excludes halogenated alkanes) is 1. The third-order valence-electron chi connectivity index (χ3n) is 1.26. The summed E-state index contributed by atoms with van der Waals surface area (Å²) in [6.07, 6.45) is 2.62. The molecule has 0 saturated heterocycles. The van der Waals surface area contributed by atoms with E-state index in [1.165, 1.54) is 19.4 Å². The summed E-state index contributed by atoms with van der Waals surface area (Å²) in [5.74, 6) is 0. The van der Waals surface area contributed by atoms with Gasteiger partial charge in [0.05, 0.1) is 27.7 Å². The SMILES string of the molecule is C[N+](C)(C)CCCC[Si]. The Kier molecular flexibility index (Phi) is 4.15. The van der Waals surface area contributed by atoms with Gasteiger partial charge in [-0.15, -0.1) is 0 Å². The number of quaternary nitrogens is 1. The van der Waals surface area contributed by atoms with Gasteiger partial charge in [0.25, 0.3) is 0 Å². The van der Waals surface area contributed by atoms with Crippen LogP contribution in [0.3, 0.4) is 0 Å². The number of nitrogens with zero attached hydrogens (tertiary/aromatic N) is 1. The van der Waals surface area contributed by atoms with Crippen molar-refractivity contribution in [3.8, 4) is 0 Å². The summed E-state index contributed by atoms with van der Waals surface area (Å²) < 4.78 is 1.09. The minimum atomic E-state index is 1.09. The van der Waals surface area contributed by atoms with Gasteiger partial charge in [0.15, 0.2) is 0 Å². The van der Waals surface area contributed by atoms with E-state index in [4.69, 9.17) is 0 Å². The van der Waals surface area contributed by atoms with Crippen LogP contribution in [0.4, 0.5) is 0 Å². The van der Waals surface area contributed by atoms with E-state index < -0.39 is 0 Å². The first-order valence-electron chi connectivity index (χ1n) is 3.51. The van der Waals surface area contributed by atoms with Crippen LogP contribution in [0.2, 0.25) is 6.04 Å². The normalized spacial score (nSPS) is 12.0. The van der Waals surface area contributed by atoms with Gasteiger partial charge in [-0.25, -0.2) is 0 Å². The fourth-order valence-corrected chi connectivity index (χ4v) is 0.961. The molecule has 0 N–H and O–H groups in total. The highest BCUT2D eigenvalue weighted by molar-refractivity contribution is 6.08. The van der Waals surface area contributed by atoms with E-state index in [1.54, 1.807) is 0 Å². The zero-order valence-electron chi connectivity index (χ0n) is 6.78. The third kappa shape index (κ3) is 8.18. The molecule has 0 aromatic carbocycles. The van der Waals surface area contributed by atoms with Crippen LogP contribution in [0, 0.1) is 0 Å². The maximum atomic E-state index is 3.45. The Hall–Kier alpha value is 0.177. The zero-order chi connectivity index (χ0) is 7.33. The first-order valence-corrected chi connectivity index (χ1v) is 4.22. The van der Waals surface area contributed by atoms with Crippen LogP contribution in [0.15, 0.2) is 0 Å². The Labute approximate surface area is 62.1 Å². The van der Waals surface area contributed by atoms with E-state index in [0.717, 1.165) is 10.5 Å². The lowest BCUT2D eigenvalue weighted by Gasteiger charge is -2.23. The highest BCUT2D eigenvalue weighted by atomic mass is 28.1. The second-order valence-corrected chi connectivity index (χ2v) is 3.97. The van der Waals surface area contributed by atoms with Crippen LogP contribution >= 0.6 is 0 Å². The molecule has 0 aliphatic carbocycles. The van der Waals surface area contributed by atoms with Crippen molar-refractivity contribution in [2.24, 2.45) is 0 Å². The maximum absolute atomic E-state index is 3.45. The zero-order valence-corrected chi connectivity index (χ0v) is 7.78. The smallest absolute Gasteiger partial charge is 0.0780 e. The first-order chi connectivity index (χ1) is 4.06. The molecule has 0 heterocycles. The topological polar surface area (TPSA) is 0 Å². The Morgan fingerprint density at radius 1 is 1.11 bits per heavy atom. The lowest BCUT2D eigenvalue weighted by molar-refractivity contribution is -0.870. The molecule has 0 aliphatic rings. The van der Waals surface area contributed by atoms with Gasteiger partial charge >= 0.3 is 0 Å². The number of hydrogen-bond acceptors (Lipinski definition) is 0. The molecule has 53 valence electrons. The van der Waals surface area contributed by atoms with Crippen molar-refractivity contribution in [2.75, 3.05) is 27.7 Å². The molecule has 3 radical (unpaired) electrons. The summed E-state index contributed by atoms with van der Waals surface area (Å²) in [7, 11) is 10.1. The molecule has 0 saturated carbocycles. The molecule has 9 heavy (non-hydrogen) atoms. The summed E-state index contributed by atoms with van der Waals surface area (Å²) in [6.45, 7) is 1.28. The molecule has 0 bridgehead atoms. The van der Waals surface area contributed by atoms with Crippen molar-refractivity contribution < 1.29 is 4.48 Å². The Morgan fingerprint density at radius 3 is 2.00 bits per heavy atom. The summed E-state index contributed by atoms with van der Waals surface area (Å²) in [5.41, 5.74) is 0. The second kappa shape index (κ2) is 4.07. The summed E-state index contributed by atoms with van der Waals surface area (Å²) >= 11 is 0. The second-order valence-electron chi connectivity index (χ2n) is 3.47. The van der Waals surface area contributed by atoms with Crippen LogP contribution in [-0.4, -0.2) is 42.4 Å². The fourth-order valence-electron chi connectivity index (χ4n) is 0.711. The minimum absolute atomic E-state index is 1.09. The standard InChI is InChI=1S/C7H17NSi/c1-8(2,3)6-4-5-7-9/h4-7H2,1-3H3/q+1. The van der Waals surface area contributed by atoms with E-state index in [2.05, 4.69) is 31.4 Å². The van der Waals surface area contributed by atoms with E-state index in [9.17, 15) is 0 Å². The van der Waals surface area contributed by atoms with Gasteiger partial charge in [-0.3, -0.25) is 0 Å². The van der Waals surface area contributed by atoms with Crippen molar-refractivity contribution in [3.05, 3.63) is 0 Å². The summed E-state index contributed by atoms with van der Waals surface area (Å²) in [6, 6.07) is 1.14. The van der Waals surface area contributed by atoms with Gasteiger partial charge in [-0.1, -0.05) is 12.5 Å². The summed E-state index contributed by atoms with van der Waals surface area (Å²) in [4.78, 5) is 0. The quantitative estimate of drug-likeness (QED) is 0.314. The average molecular weight is 143 g/mol. The molecule has 0 aromatic heterocycles. The van der Waals surface area contributed by atoms with Gasteiger partial charge < -0.3 is 4.48 Å². The predicted octanol–water partition coefficient (Wildman–Crippen LogP) is 1.06. The van der Waals surface area contributed by atoms with Gasteiger partial charge in [0.1, 0.15) is 0 Å². The molecule has 0 amide bonds. The van der Waals surface area contributed by atoms with Crippen molar-refractivity contribution in [2.45, 2.75) is 18.9 Å². The highest BCUT2D eigenvalue weighted by Gasteiger charge is 2.03. The van der Waals surface area contributed by atoms with Gasteiger partial charge in [0, 0.05) is 10.2 Å². The van der Waals surface area contributed by atoms with E-state index in [-0.39, 0.29) is 0 Å². The van der Waals surface area contributed by atoms with Crippen molar-refractivity contribution in [1.29, 1.82) is 0 Å². The van der Waals surface area contributed by atoms with Crippen LogP contribution in [0.5, 0.6) is 0 Å². The van der Waals surface area contributed by atoms with Crippen LogP contribution in [0.1, 0.15) is 12.8 Å². The molecule has 1 nitrogen and oxygen atoms in total. The van der Waals surface area contributed by atoms with E-state index in [0.29, 0.717) is 0 Å². The molecule has 0 rings (SSSR count). The molecule has 0 atom stereocenters. The van der Waals surface area contributed by atoms with Gasteiger partial charge in [-0.2, -0.15) is 0 Å². The van der Waals surface area contributed by atoms with Crippen LogP contribution in [0.25, 0.3) is 0 Å². The first kappa shape index (κ1) is 9.18. The van der Waals surface area contributed by atoms with Crippen molar-refractivity contribution >= 4 is 10.2 Å². The van der Waals surface area contributed by atoms with Crippen molar-refractivity contribution in [1.82, 2.24) is 0 Å². The largest absolute Gasteiger partial charge is 0.331 e. The summed E-state index contributed by atoms with van der Waals surface area (Å²) in [5, 5.41) is 0. The average Bonchev–Trinajstić information content (AvgIpc) is 1.63. The van der Waals surface area contributed by atoms with E-state index >= 15 is 0 Å². The third-order valence-corrected chi connectivity index (χ3v) is 1.61. The molecular formula is C7H17NSi+. The highest BCUT2D eigenvalue weighted by Crippen LogP contribution is 1.98. The van der Waals surface area contributed by atoms with E-state index in [1.807, 2.05) is 0 Å². The molecule has 0 aliphatic heterocycles. The van der Waals surface area contributed by atoms with Gasteiger partial charge in [-0.05, 0) is 6.42 Å². The number of rotatable bonds is 4. The lowest BCUT2D eigenvalue weighted by atomic mass is 10.3. The molecular weight excluding hydrogens is 126 g/mol. The molecule has 0 unspecified atom stereocenters. The molecule has 0 aromatic rings. The molecule has 0 fully saturated rings. The maximum Gasteiger partial charge on any atom is 0.0780 e. The molecule has 2 heteroatoms. The Balaban J connectivity index is 3.07.